The molecule has 2 aliphatic rings. The molecule has 2 aliphatic heterocycles. The first-order chi connectivity index (χ1) is 13.7. The highest BCUT2D eigenvalue weighted by atomic mass is 35.5. The molecular weight excluding hydrogens is 372 g/mol. The first kappa shape index (κ1) is 17.7. The lowest BCUT2D eigenvalue weighted by atomic mass is 9.86. The molecule has 1 aromatic carbocycles. The number of nitrogens with zero attached hydrogens (tertiary/aromatic N) is 3. The van der Waals surface area contributed by atoms with Crippen molar-refractivity contribution in [3.63, 3.8) is 0 Å². The number of carbonyl (C=O) groups excluding carboxylic acids is 1. The Kier molecular flexibility index (Phi) is 4.57. The van der Waals surface area contributed by atoms with Crippen molar-refractivity contribution >= 4 is 28.5 Å². The molecule has 0 saturated carbocycles. The smallest absolute Gasteiger partial charge is 0.254 e. The molecule has 0 aliphatic carbocycles. The predicted molar refractivity (Wildman–Crippen MR) is 111 cm³/mol. The summed E-state index contributed by atoms with van der Waals surface area (Å²) in [6.07, 6.45) is 5.82. The second-order valence-electron chi connectivity index (χ2n) is 7.82. The molecule has 4 heterocycles. The summed E-state index contributed by atoms with van der Waals surface area (Å²) in [6, 6.07) is 12.5. The van der Waals surface area contributed by atoms with Gasteiger partial charge in [-0.25, -0.2) is 4.98 Å². The minimum absolute atomic E-state index is 0.117. The van der Waals surface area contributed by atoms with Crippen LogP contribution in [0.25, 0.3) is 11.0 Å². The van der Waals surface area contributed by atoms with Gasteiger partial charge in [0.2, 0.25) is 0 Å². The fourth-order valence-corrected chi connectivity index (χ4v) is 4.81. The number of hydrogen-bond donors (Lipinski definition) is 1. The van der Waals surface area contributed by atoms with E-state index in [4.69, 9.17) is 11.6 Å². The molecule has 2 fully saturated rings. The number of benzene rings is 1. The van der Waals surface area contributed by atoms with Crippen molar-refractivity contribution < 1.29 is 4.79 Å². The maximum atomic E-state index is 13.2. The van der Waals surface area contributed by atoms with Crippen LogP contribution in [-0.2, 0) is 0 Å². The molecule has 3 aromatic rings. The largest absolute Gasteiger partial charge is 0.346 e. The van der Waals surface area contributed by atoms with Crippen molar-refractivity contribution in [3.8, 4) is 0 Å². The predicted octanol–water partition coefficient (Wildman–Crippen LogP) is 3.92. The Morgan fingerprint density at radius 2 is 1.93 bits per heavy atom. The number of aromatic nitrogens is 2. The van der Waals surface area contributed by atoms with Crippen LogP contribution >= 0.6 is 11.6 Å². The van der Waals surface area contributed by atoms with Crippen molar-refractivity contribution in [1.29, 1.82) is 0 Å². The zero-order valence-electron chi connectivity index (χ0n) is 15.6. The van der Waals surface area contributed by atoms with Crippen molar-refractivity contribution in [2.45, 2.75) is 24.8 Å². The number of carbonyl (C=O) groups is 1. The number of pyridine rings is 1. The van der Waals surface area contributed by atoms with Gasteiger partial charge in [0.25, 0.3) is 5.91 Å². The second-order valence-corrected chi connectivity index (χ2v) is 8.26. The Morgan fingerprint density at radius 3 is 2.79 bits per heavy atom. The number of halogens is 1. The van der Waals surface area contributed by atoms with Crippen LogP contribution in [0.2, 0.25) is 5.02 Å². The van der Waals surface area contributed by atoms with Gasteiger partial charge >= 0.3 is 0 Å². The maximum Gasteiger partial charge on any atom is 0.254 e. The highest BCUT2D eigenvalue weighted by Gasteiger charge is 2.35. The molecule has 1 amide bonds. The molecule has 1 N–H and O–H groups in total. The third-order valence-corrected chi connectivity index (χ3v) is 6.48. The summed E-state index contributed by atoms with van der Waals surface area (Å²) in [6.45, 7) is 3.57. The highest BCUT2D eigenvalue weighted by Crippen LogP contribution is 2.32. The molecule has 0 unspecified atom stereocenters. The summed E-state index contributed by atoms with van der Waals surface area (Å²) in [4.78, 5) is 25.1. The molecule has 6 heteroatoms. The Morgan fingerprint density at radius 1 is 1.07 bits per heavy atom. The zero-order chi connectivity index (χ0) is 19.1. The Hall–Kier alpha value is -2.37. The number of amides is 1. The average molecular weight is 395 g/mol. The molecule has 5 rings (SSSR count). The van der Waals surface area contributed by atoms with Crippen LogP contribution in [0.4, 0.5) is 0 Å². The van der Waals surface area contributed by atoms with Crippen molar-refractivity contribution in [2.75, 3.05) is 26.2 Å². The van der Waals surface area contributed by atoms with Crippen LogP contribution in [0, 0.1) is 0 Å². The van der Waals surface area contributed by atoms with Gasteiger partial charge in [-0.05, 0) is 48.6 Å². The average Bonchev–Trinajstić information content (AvgIpc) is 3.22. The molecule has 5 nitrogen and oxygen atoms in total. The van der Waals surface area contributed by atoms with Gasteiger partial charge in [0.05, 0.1) is 5.56 Å². The Balaban J connectivity index is 1.28. The summed E-state index contributed by atoms with van der Waals surface area (Å²) in [5.74, 6) is 0.668. The van der Waals surface area contributed by atoms with E-state index in [9.17, 15) is 4.79 Å². The van der Waals surface area contributed by atoms with Crippen molar-refractivity contribution in [1.82, 2.24) is 19.8 Å². The van der Waals surface area contributed by atoms with E-state index in [-0.39, 0.29) is 5.91 Å². The van der Waals surface area contributed by atoms with Gasteiger partial charge in [0, 0.05) is 55.0 Å². The molecule has 0 spiro atoms. The number of piperazine rings is 1. The number of hydrogen-bond acceptors (Lipinski definition) is 3. The minimum atomic E-state index is 0.117. The van der Waals surface area contributed by atoms with Gasteiger partial charge in [0.1, 0.15) is 5.65 Å². The lowest BCUT2D eigenvalue weighted by Crippen LogP contribution is -2.57. The monoisotopic (exact) mass is 394 g/mol. The quantitative estimate of drug-likeness (QED) is 0.716. The minimum Gasteiger partial charge on any atom is -0.346 e. The van der Waals surface area contributed by atoms with E-state index in [0.29, 0.717) is 12.0 Å². The van der Waals surface area contributed by atoms with Crippen molar-refractivity contribution in [3.05, 3.63) is 64.9 Å². The highest BCUT2D eigenvalue weighted by molar-refractivity contribution is 6.30. The van der Waals surface area contributed by atoms with Crippen LogP contribution in [0.3, 0.4) is 0 Å². The zero-order valence-corrected chi connectivity index (χ0v) is 16.4. The van der Waals surface area contributed by atoms with E-state index in [2.05, 4.69) is 27.0 Å². The summed E-state index contributed by atoms with van der Waals surface area (Å²) >= 11 is 6.03. The fourth-order valence-electron chi connectivity index (χ4n) is 4.68. The molecule has 144 valence electrons. The number of aromatic amines is 1. The number of fused-ring (bicyclic) bond motifs is 2. The Bertz CT molecular complexity index is 999. The summed E-state index contributed by atoms with van der Waals surface area (Å²) in [7, 11) is 0. The topological polar surface area (TPSA) is 52.2 Å². The first-order valence-corrected chi connectivity index (χ1v) is 10.3. The van der Waals surface area contributed by atoms with E-state index < -0.39 is 0 Å². The lowest BCUT2D eigenvalue weighted by Gasteiger charge is -2.46. The van der Waals surface area contributed by atoms with E-state index in [1.54, 1.807) is 6.20 Å². The van der Waals surface area contributed by atoms with E-state index in [0.717, 1.165) is 60.6 Å². The standard InChI is InChI=1S/C22H23ClN4O/c23-17-4-1-15(2-5-17)16-3-6-18-14-27(12-11-26(18)13-16)22(28)20-8-10-25-21-19(20)7-9-24-21/h1-2,4-5,7-10,16,18H,3,6,11-14H2,(H,24,25)/t16-,18+/m0/s1. The van der Waals surface area contributed by atoms with Crippen LogP contribution in [0.5, 0.6) is 0 Å². The van der Waals surface area contributed by atoms with E-state index in [1.807, 2.05) is 35.4 Å². The van der Waals surface area contributed by atoms with E-state index >= 15 is 0 Å². The summed E-state index contributed by atoms with van der Waals surface area (Å²) in [5.41, 5.74) is 2.88. The maximum absolute atomic E-state index is 13.2. The normalized spacial score (nSPS) is 23.0. The van der Waals surface area contributed by atoms with Gasteiger partial charge in [-0.2, -0.15) is 0 Å². The van der Waals surface area contributed by atoms with Gasteiger partial charge < -0.3 is 9.88 Å². The molecular formula is C22H23ClN4O. The third-order valence-electron chi connectivity index (χ3n) is 6.23. The lowest BCUT2D eigenvalue weighted by molar-refractivity contribution is 0.0330. The van der Waals surface area contributed by atoms with Crippen LogP contribution in [0.1, 0.15) is 34.7 Å². The number of H-pyrrole nitrogens is 1. The van der Waals surface area contributed by atoms with Gasteiger partial charge in [0.15, 0.2) is 0 Å². The van der Waals surface area contributed by atoms with Crippen LogP contribution in [0.15, 0.2) is 48.8 Å². The SMILES string of the molecule is O=C(c1ccnc2[nH]ccc12)N1CCN2C[C@@H](c3ccc(Cl)cc3)CC[C@@H]2C1. The summed E-state index contributed by atoms with van der Waals surface area (Å²) < 4.78 is 0. The second kappa shape index (κ2) is 7.22. The molecule has 2 atom stereocenters. The van der Waals surface area contributed by atoms with Gasteiger partial charge in [-0.3, -0.25) is 9.69 Å². The van der Waals surface area contributed by atoms with Gasteiger partial charge in [-0.1, -0.05) is 23.7 Å². The number of nitrogens with one attached hydrogen (secondary N) is 1. The summed E-state index contributed by atoms with van der Waals surface area (Å²) in [5, 5.41) is 1.69. The van der Waals surface area contributed by atoms with Gasteiger partial charge in [-0.15, -0.1) is 0 Å². The number of piperidine rings is 1. The third kappa shape index (κ3) is 3.19. The Labute approximate surface area is 169 Å². The first-order valence-electron chi connectivity index (χ1n) is 9.90. The van der Waals surface area contributed by atoms with Crippen LogP contribution in [-0.4, -0.2) is 57.9 Å². The molecule has 2 saturated heterocycles. The van der Waals surface area contributed by atoms with E-state index in [1.165, 1.54) is 5.56 Å². The van der Waals surface area contributed by atoms with Crippen LogP contribution < -0.4 is 0 Å². The van der Waals surface area contributed by atoms with Crippen molar-refractivity contribution in [2.24, 2.45) is 0 Å². The molecule has 28 heavy (non-hydrogen) atoms. The molecule has 0 radical (unpaired) electrons. The number of rotatable bonds is 2. The molecule has 0 bridgehead atoms. The fraction of sp³-hybridized carbons (Fsp3) is 0.364. The molecule has 2 aromatic heterocycles.